The van der Waals surface area contributed by atoms with Gasteiger partial charge in [-0.1, -0.05) is 0 Å². The highest BCUT2D eigenvalue weighted by atomic mass is 16.3. The van der Waals surface area contributed by atoms with E-state index < -0.39 is 31.0 Å². The van der Waals surface area contributed by atoms with Crippen molar-refractivity contribution in [2.75, 3.05) is 13.2 Å². The van der Waals surface area contributed by atoms with Crippen molar-refractivity contribution < 1.29 is 20.4 Å². The van der Waals surface area contributed by atoms with Gasteiger partial charge in [0.25, 0.3) is 0 Å². The molecule has 0 bridgehead atoms. The van der Waals surface area contributed by atoms with Crippen LogP contribution in [0.25, 0.3) is 0 Å². The molecule has 0 amide bonds. The van der Waals surface area contributed by atoms with Crippen LogP contribution in [-0.4, -0.2) is 57.9 Å². The lowest BCUT2D eigenvalue weighted by Crippen LogP contribution is -2.44. The lowest BCUT2D eigenvalue weighted by Gasteiger charge is -2.19. The Bertz CT molecular complexity index is 132. The van der Waals surface area contributed by atoms with Gasteiger partial charge in [-0.15, -0.1) is 0 Å². The zero-order valence-corrected chi connectivity index (χ0v) is 6.01. The Morgan fingerprint density at radius 3 is 2.45 bits per heavy atom. The molecule has 5 N–H and O–H groups in total. The third-order valence-electron chi connectivity index (χ3n) is 1.93. The average Bonchev–Trinajstić information content (AvgIpc) is 2.32. The van der Waals surface area contributed by atoms with E-state index in [-0.39, 0.29) is 6.54 Å². The zero-order valence-electron chi connectivity index (χ0n) is 6.01. The van der Waals surface area contributed by atoms with E-state index in [2.05, 4.69) is 5.32 Å². The molecule has 1 heterocycles. The fourth-order valence-corrected chi connectivity index (χ4v) is 1.21. The number of hydrogen-bond donors (Lipinski definition) is 5. The summed E-state index contributed by atoms with van der Waals surface area (Å²) in [7, 11) is 0. The molecule has 1 aliphatic heterocycles. The van der Waals surface area contributed by atoms with Gasteiger partial charge in [-0.3, -0.25) is 0 Å². The summed E-state index contributed by atoms with van der Waals surface area (Å²) in [6.45, 7) is -0.162. The predicted octanol–water partition coefficient (Wildman–Crippen LogP) is -2.97. The Kier molecular flexibility index (Phi) is 2.80. The van der Waals surface area contributed by atoms with Crippen LogP contribution in [0, 0.1) is 0 Å². The molecule has 11 heavy (non-hydrogen) atoms. The number of nitrogens with one attached hydrogen (secondary N) is 1. The van der Waals surface area contributed by atoms with Crippen LogP contribution >= 0.6 is 0 Å². The van der Waals surface area contributed by atoms with Crippen LogP contribution < -0.4 is 5.32 Å². The van der Waals surface area contributed by atoms with E-state index in [0.717, 1.165) is 0 Å². The lowest BCUT2D eigenvalue weighted by molar-refractivity contribution is -0.00977. The molecule has 1 aliphatic rings. The normalized spacial score (nSPS) is 40.9. The summed E-state index contributed by atoms with van der Waals surface area (Å²) in [5.41, 5.74) is 0. The van der Waals surface area contributed by atoms with Crippen molar-refractivity contribution >= 4 is 0 Å². The molecule has 0 saturated carbocycles. The van der Waals surface area contributed by atoms with Gasteiger partial charge < -0.3 is 25.7 Å². The molecule has 0 aromatic carbocycles. The first-order valence-electron chi connectivity index (χ1n) is 3.55. The SMILES string of the molecule is OC[C@@H](O)[C@H]1NC[C@H](O)[C@H]1O. The van der Waals surface area contributed by atoms with Crippen molar-refractivity contribution in [2.24, 2.45) is 0 Å². The van der Waals surface area contributed by atoms with Crippen LogP contribution in [0.4, 0.5) is 0 Å². The maximum absolute atomic E-state index is 9.18. The molecule has 66 valence electrons. The van der Waals surface area contributed by atoms with E-state index in [1.807, 2.05) is 0 Å². The van der Waals surface area contributed by atoms with E-state index in [0.29, 0.717) is 0 Å². The van der Waals surface area contributed by atoms with E-state index in [4.69, 9.17) is 15.3 Å². The molecule has 0 spiro atoms. The number of aliphatic hydroxyl groups excluding tert-OH is 4. The maximum Gasteiger partial charge on any atom is 0.0990 e. The third-order valence-corrected chi connectivity index (χ3v) is 1.93. The molecule has 0 aromatic rings. The molecule has 5 heteroatoms. The van der Waals surface area contributed by atoms with Gasteiger partial charge >= 0.3 is 0 Å². The van der Waals surface area contributed by atoms with Gasteiger partial charge in [0.1, 0.15) is 0 Å². The van der Waals surface area contributed by atoms with E-state index in [1.165, 1.54) is 0 Å². The maximum atomic E-state index is 9.18. The number of β-amino-alcohol motifs (C(OH)–C–C–N with tert-alkyl or cyclic N) is 1. The van der Waals surface area contributed by atoms with Gasteiger partial charge in [0.15, 0.2) is 0 Å². The standard InChI is InChI=1S/C6H13NO4/c8-2-4(10)5-6(11)3(9)1-7-5/h3-11H,1-2H2/t3-,4+,5+,6+/m0/s1. The molecule has 5 nitrogen and oxygen atoms in total. The first-order chi connectivity index (χ1) is 5.16. The highest BCUT2D eigenvalue weighted by Crippen LogP contribution is 2.10. The molecule has 1 saturated heterocycles. The molecule has 1 rings (SSSR count). The molecule has 0 aromatic heterocycles. The van der Waals surface area contributed by atoms with Crippen molar-refractivity contribution in [2.45, 2.75) is 24.4 Å². The second-order valence-electron chi connectivity index (χ2n) is 2.74. The van der Waals surface area contributed by atoms with Crippen LogP contribution in [0.2, 0.25) is 0 Å². The average molecular weight is 163 g/mol. The predicted molar refractivity (Wildman–Crippen MR) is 36.9 cm³/mol. The third kappa shape index (κ3) is 1.69. The minimum Gasteiger partial charge on any atom is -0.394 e. The Balaban J connectivity index is 2.47. The van der Waals surface area contributed by atoms with Crippen LogP contribution in [0.3, 0.4) is 0 Å². The Labute approximate surface area is 64.3 Å². The molecule has 0 unspecified atom stereocenters. The monoisotopic (exact) mass is 163 g/mol. The summed E-state index contributed by atoms with van der Waals surface area (Å²) in [4.78, 5) is 0. The van der Waals surface area contributed by atoms with Crippen molar-refractivity contribution in [3.8, 4) is 0 Å². The van der Waals surface area contributed by atoms with Crippen molar-refractivity contribution in [3.63, 3.8) is 0 Å². The summed E-state index contributed by atoms with van der Waals surface area (Å²) < 4.78 is 0. The molecule has 1 fully saturated rings. The van der Waals surface area contributed by atoms with Crippen molar-refractivity contribution in [3.05, 3.63) is 0 Å². The Hall–Kier alpha value is -0.200. The summed E-state index contributed by atoms with van der Waals surface area (Å²) >= 11 is 0. The van der Waals surface area contributed by atoms with Gasteiger partial charge in [0, 0.05) is 6.54 Å². The van der Waals surface area contributed by atoms with E-state index >= 15 is 0 Å². The van der Waals surface area contributed by atoms with Gasteiger partial charge in [-0.25, -0.2) is 0 Å². The number of aliphatic hydroxyl groups is 4. The quantitative estimate of drug-likeness (QED) is 0.300. The van der Waals surface area contributed by atoms with E-state index in [9.17, 15) is 5.11 Å². The highest BCUT2D eigenvalue weighted by molar-refractivity contribution is 4.94. The summed E-state index contributed by atoms with van der Waals surface area (Å²) in [5.74, 6) is 0. The summed E-state index contributed by atoms with van der Waals surface area (Å²) in [6.07, 6.45) is -2.85. The van der Waals surface area contributed by atoms with Gasteiger partial charge in [-0.05, 0) is 0 Å². The minimum absolute atomic E-state index is 0.253. The van der Waals surface area contributed by atoms with Gasteiger partial charge in [0.2, 0.25) is 0 Å². The fourth-order valence-electron chi connectivity index (χ4n) is 1.21. The van der Waals surface area contributed by atoms with Crippen molar-refractivity contribution in [1.82, 2.24) is 5.32 Å². The molecular formula is C6H13NO4. The van der Waals surface area contributed by atoms with Crippen LogP contribution in [0.15, 0.2) is 0 Å². The van der Waals surface area contributed by atoms with Gasteiger partial charge in [0.05, 0.1) is 31.0 Å². The minimum atomic E-state index is -1.01. The number of rotatable bonds is 2. The lowest BCUT2D eigenvalue weighted by atomic mass is 10.1. The Morgan fingerprint density at radius 1 is 1.45 bits per heavy atom. The second kappa shape index (κ2) is 3.46. The topological polar surface area (TPSA) is 93.0 Å². The molecule has 0 radical (unpaired) electrons. The first kappa shape index (κ1) is 8.89. The number of hydrogen-bond acceptors (Lipinski definition) is 5. The molecular weight excluding hydrogens is 150 g/mol. The summed E-state index contributed by atoms with van der Waals surface area (Å²) in [5, 5.41) is 38.5. The van der Waals surface area contributed by atoms with Gasteiger partial charge in [-0.2, -0.15) is 0 Å². The largest absolute Gasteiger partial charge is 0.394 e. The summed E-state index contributed by atoms with van der Waals surface area (Å²) in [6, 6.07) is -0.616. The zero-order chi connectivity index (χ0) is 8.43. The Morgan fingerprint density at radius 2 is 2.09 bits per heavy atom. The van der Waals surface area contributed by atoms with Crippen molar-refractivity contribution in [1.29, 1.82) is 0 Å². The molecule has 4 atom stereocenters. The first-order valence-corrected chi connectivity index (χ1v) is 3.55. The smallest absolute Gasteiger partial charge is 0.0990 e. The van der Waals surface area contributed by atoms with E-state index in [1.54, 1.807) is 0 Å². The highest BCUT2D eigenvalue weighted by Gasteiger charge is 2.36. The van der Waals surface area contributed by atoms with Crippen LogP contribution in [0.5, 0.6) is 0 Å². The van der Waals surface area contributed by atoms with Crippen LogP contribution in [-0.2, 0) is 0 Å². The fraction of sp³-hybridized carbons (Fsp3) is 1.00. The molecule has 0 aliphatic carbocycles. The van der Waals surface area contributed by atoms with Crippen LogP contribution in [0.1, 0.15) is 0 Å². The second-order valence-corrected chi connectivity index (χ2v) is 2.74.